The Bertz CT molecular complexity index is 1480. The molecule has 2 aromatic carbocycles. The van der Waals surface area contributed by atoms with Crippen LogP contribution in [0.4, 0.5) is 14.6 Å². The van der Waals surface area contributed by atoms with Gasteiger partial charge >= 0.3 is 0 Å². The fourth-order valence-electron chi connectivity index (χ4n) is 3.53. The molecule has 2 heterocycles. The second-order valence-corrected chi connectivity index (χ2v) is 10.5. The molecule has 0 aliphatic heterocycles. The number of nitrogens with zero attached hydrogens (tertiary/aromatic N) is 4. The SMILES string of the molecule is CNCc1ccc(-c2nnc(-c3nc(-c4ccc(S(=O)(=O)C(C)CCF)cc4)cnc3N)o2)c(F)c1. The lowest BCUT2D eigenvalue weighted by atomic mass is 10.1. The Morgan fingerprint density at radius 1 is 1.11 bits per heavy atom. The lowest BCUT2D eigenvalue weighted by Crippen LogP contribution is -2.18. The molecule has 0 aliphatic carbocycles. The molecule has 36 heavy (non-hydrogen) atoms. The van der Waals surface area contributed by atoms with Gasteiger partial charge in [-0.2, -0.15) is 0 Å². The molecule has 0 saturated carbocycles. The molecule has 4 rings (SSSR count). The summed E-state index contributed by atoms with van der Waals surface area (Å²) in [5, 5.41) is 9.99. The van der Waals surface area contributed by atoms with Crippen molar-refractivity contribution in [1.29, 1.82) is 0 Å². The summed E-state index contributed by atoms with van der Waals surface area (Å²) in [4.78, 5) is 8.67. The Labute approximate surface area is 206 Å². The number of hydrogen-bond donors (Lipinski definition) is 2. The maximum Gasteiger partial charge on any atom is 0.270 e. The molecule has 0 spiro atoms. The van der Waals surface area contributed by atoms with Crippen molar-refractivity contribution in [2.24, 2.45) is 0 Å². The van der Waals surface area contributed by atoms with Gasteiger partial charge in [0.15, 0.2) is 21.3 Å². The predicted octanol–water partition coefficient (Wildman–Crippen LogP) is 3.82. The molecule has 0 amide bonds. The summed E-state index contributed by atoms with van der Waals surface area (Å²) in [7, 11) is -1.89. The highest BCUT2D eigenvalue weighted by Gasteiger charge is 2.23. The van der Waals surface area contributed by atoms with Gasteiger partial charge in [0, 0.05) is 12.1 Å². The highest BCUT2D eigenvalue weighted by molar-refractivity contribution is 7.92. The molecular weight excluding hydrogens is 490 g/mol. The molecule has 4 aromatic rings. The minimum atomic E-state index is -3.65. The highest BCUT2D eigenvalue weighted by Crippen LogP contribution is 2.30. The normalized spacial score (nSPS) is 12.6. The zero-order valence-corrected chi connectivity index (χ0v) is 20.4. The number of nitrogen functional groups attached to an aromatic ring is 1. The van der Waals surface area contributed by atoms with E-state index in [0.29, 0.717) is 17.8 Å². The van der Waals surface area contributed by atoms with E-state index < -0.39 is 27.6 Å². The monoisotopic (exact) mass is 514 g/mol. The minimum absolute atomic E-state index is 0.0260. The van der Waals surface area contributed by atoms with Gasteiger partial charge in [0.2, 0.25) is 0 Å². The fraction of sp³-hybridized carbons (Fsp3) is 0.250. The van der Waals surface area contributed by atoms with Crippen LogP contribution in [0.15, 0.2) is 58.0 Å². The number of hydrogen-bond acceptors (Lipinski definition) is 9. The van der Waals surface area contributed by atoms with Gasteiger partial charge in [0.1, 0.15) is 5.82 Å². The van der Waals surface area contributed by atoms with E-state index in [1.807, 2.05) is 0 Å². The second kappa shape index (κ2) is 10.5. The summed E-state index contributed by atoms with van der Waals surface area (Å²) >= 11 is 0. The zero-order chi connectivity index (χ0) is 25.9. The maximum atomic E-state index is 14.6. The first-order valence-electron chi connectivity index (χ1n) is 11.0. The molecule has 0 fully saturated rings. The third-order valence-corrected chi connectivity index (χ3v) is 7.82. The smallest absolute Gasteiger partial charge is 0.270 e. The van der Waals surface area contributed by atoms with Crippen LogP contribution in [0.25, 0.3) is 34.3 Å². The van der Waals surface area contributed by atoms with Crippen molar-refractivity contribution in [2.45, 2.75) is 30.0 Å². The summed E-state index contributed by atoms with van der Waals surface area (Å²) in [6.07, 6.45) is 1.35. The maximum absolute atomic E-state index is 14.6. The number of aromatic nitrogens is 4. The van der Waals surface area contributed by atoms with Crippen LogP contribution < -0.4 is 11.1 Å². The Kier molecular flexibility index (Phi) is 7.36. The van der Waals surface area contributed by atoms with Crippen molar-refractivity contribution < 1.29 is 21.6 Å². The van der Waals surface area contributed by atoms with Crippen LogP contribution in [0.2, 0.25) is 0 Å². The molecule has 9 nitrogen and oxygen atoms in total. The van der Waals surface area contributed by atoms with Crippen LogP contribution >= 0.6 is 0 Å². The average Bonchev–Trinajstić information content (AvgIpc) is 3.34. The lowest BCUT2D eigenvalue weighted by molar-refractivity contribution is 0.464. The zero-order valence-electron chi connectivity index (χ0n) is 19.6. The second-order valence-electron chi connectivity index (χ2n) is 8.10. The van der Waals surface area contributed by atoms with E-state index in [1.165, 1.54) is 31.3 Å². The van der Waals surface area contributed by atoms with E-state index in [9.17, 15) is 17.2 Å². The highest BCUT2D eigenvalue weighted by atomic mass is 32.2. The van der Waals surface area contributed by atoms with Crippen LogP contribution in [-0.2, 0) is 16.4 Å². The number of nitrogens with one attached hydrogen (secondary N) is 1. The molecular formula is C24H24F2N6O3S. The van der Waals surface area contributed by atoms with Crippen LogP contribution in [0.3, 0.4) is 0 Å². The molecule has 12 heteroatoms. The van der Waals surface area contributed by atoms with Crippen LogP contribution in [-0.4, -0.2) is 47.6 Å². The summed E-state index contributed by atoms with van der Waals surface area (Å²) in [5.74, 6) is -0.573. The third-order valence-electron chi connectivity index (χ3n) is 5.60. The average molecular weight is 515 g/mol. The van der Waals surface area contributed by atoms with Gasteiger partial charge in [0.25, 0.3) is 11.8 Å². The number of nitrogens with two attached hydrogens (primary N) is 1. The lowest BCUT2D eigenvalue weighted by Gasteiger charge is -2.11. The number of halogens is 2. The number of sulfone groups is 1. The van der Waals surface area contributed by atoms with Gasteiger partial charge in [-0.3, -0.25) is 4.39 Å². The van der Waals surface area contributed by atoms with Gasteiger partial charge in [0.05, 0.1) is 34.3 Å². The summed E-state index contributed by atoms with van der Waals surface area (Å²) in [6, 6.07) is 10.7. The van der Waals surface area contributed by atoms with Crippen LogP contribution in [0.5, 0.6) is 0 Å². The van der Waals surface area contributed by atoms with Crippen molar-refractivity contribution in [2.75, 3.05) is 19.5 Å². The largest absolute Gasteiger partial charge is 0.414 e. The van der Waals surface area contributed by atoms with E-state index in [1.54, 1.807) is 31.3 Å². The van der Waals surface area contributed by atoms with Crippen LogP contribution in [0, 0.1) is 5.82 Å². The molecule has 0 bridgehead atoms. The Hall–Kier alpha value is -3.77. The molecule has 1 atom stereocenters. The van der Waals surface area contributed by atoms with Crippen molar-refractivity contribution in [3.8, 4) is 34.3 Å². The molecule has 0 radical (unpaired) electrons. The van der Waals surface area contributed by atoms with Crippen molar-refractivity contribution >= 4 is 15.7 Å². The van der Waals surface area contributed by atoms with Crippen molar-refractivity contribution in [3.63, 3.8) is 0 Å². The van der Waals surface area contributed by atoms with E-state index in [-0.39, 0.29) is 40.2 Å². The first kappa shape index (κ1) is 25.3. The minimum Gasteiger partial charge on any atom is -0.414 e. The molecule has 0 saturated heterocycles. The first-order valence-corrected chi connectivity index (χ1v) is 12.6. The summed E-state index contributed by atoms with van der Waals surface area (Å²) < 4.78 is 58.0. The van der Waals surface area contributed by atoms with E-state index in [4.69, 9.17) is 10.2 Å². The van der Waals surface area contributed by atoms with E-state index in [2.05, 4.69) is 25.5 Å². The summed E-state index contributed by atoms with van der Waals surface area (Å²) in [6.45, 7) is 1.27. The Morgan fingerprint density at radius 2 is 1.83 bits per heavy atom. The topological polar surface area (TPSA) is 137 Å². The molecule has 3 N–H and O–H groups in total. The molecule has 1 unspecified atom stereocenters. The van der Waals surface area contributed by atoms with Crippen molar-refractivity contribution in [1.82, 2.24) is 25.5 Å². The predicted molar refractivity (Wildman–Crippen MR) is 131 cm³/mol. The number of benzene rings is 2. The first-order chi connectivity index (χ1) is 17.2. The molecule has 2 aromatic heterocycles. The van der Waals surface area contributed by atoms with Crippen molar-refractivity contribution in [3.05, 3.63) is 60.0 Å². The van der Waals surface area contributed by atoms with Gasteiger partial charge < -0.3 is 15.5 Å². The molecule has 188 valence electrons. The number of anilines is 1. The Morgan fingerprint density at radius 3 is 2.50 bits per heavy atom. The van der Waals surface area contributed by atoms with E-state index in [0.717, 1.165) is 5.56 Å². The van der Waals surface area contributed by atoms with Crippen LogP contribution in [0.1, 0.15) is 18.9 Å². The van der Waals surface area contributed by atoms with Gasteiger partial charge in [-0.25, -0.2) is 22.8 Å². The number of rotatable bonds is 9. The number of alkyl halides is 1. The Balaban J connectivity index is 1.63. The quantitative estimate of drug-likeness (QED) is 0.341. The summed E-state index contributed by atoms with van der Waals surface area (Å²) in [5.41, 5.74) is 7.92. The standard InChI is InChI=1S/C24H24F2N6O3S/c1-14(9-10-25)36(33,34)17-6-4-16(5-7-17)20-13-29-22(27)21(30-20)24-32-31-23(35-24)18-8-3-15(12-28-2)11-19(18)26/h3-8,11,13-14,28H,9-10,12H2,1-2H3,(H2,27,29). The fourth-order valence-corrected chi connectivity index (χ4v) is 4.90. The van der Waals surface area contributed by atoms with Gasteiger partial charge in [-0.15, -0.1) is 10.2 Å². The third kappa shape index (κ3) is 5.09. The van der Waals surface area contributed by atoms with E-state index >= 15 is 0 Å². The van der Waals surface area contributed by atoms with Gasteiger partial charge in [-0.05, 0) is 50.2 Å². The van der Waals surface area contributed by atoms with Gasteiger partial charge in [-0.1, -0.05) is 18.2 Å². The molecule has 0 aliphatic rings.